The molecule has 1 aliphatic rings. The molecule has 86 valence electrons. The summed E-state index contributed by atoms with van der Waals surface area (Å²) in [5.41, 5.74) is -0.0523. The average molecular weight is 252 g/mol. The van der Waals surface area contributed by atoms with Crippen LogP contribution in [-0.4, -0.2) is 23.1 Å². The quantitative estimate of drug-likeness (QED) is 0.786. The molecule has 0 unspecified atom stereocenters. The molecule has 15 heavy (non-hydrogen) atoms. The SMILES string of the molecule is Cl.Cl.O=c1ccnc(C2CCNCC2)[nH]1. The van der Waals surface area contributed by atoms with Crippen molar-refractivity contribution in [2.45, 2.75) is 18.8 Å². The Morgan fingerprint density at radius 2 is 1.93 bits per heavy atom. The molecule has 1 fully saturated rings. The highest BCUT2D eigenvalue weighted by Crippen LogP contribution is 2.20. The van der Waals surface area contributed by atoms with Gasteiger partial charge in [-0.25, -0.2) is 4.98 Å². The van der Waals surface area contributed by atoms with E-state index in [2.05, 4.69) is 15.3 Å². The van der Waals surface area contributed by atoms with Crippen molar-refractivity contribution in [1.29, 1.82) is 0 Å². The van der Waals surface area contributed by atoms with Gasteiger partial charge in [0.1, 0.15) is 5.82 Å². The van der Waals surface area contributed by atoms with E-state index in [0.29, 0.717) is 5.92 Å². The van der Waals surface area contributed by atoms with Crippen LogP contribution in [0, 0.1) is 0 Å². The van der Waals surface area contributed by atoms with Crippen molar-refractivity contribution in [2.75, 3.05) is 13.1 Å². The second-order valence-corrected chi connectivity index (χ2v) is 3.34. The summed E-state index contributed by atoms with van der Waals surface area (Å²) in [6, 6.07) is 1.45. The van der Waals surface area contributed by atoms with E-state index in [9.17, 15) is 4.79 Å². The first-order valence-corrected chi connectivity index (χ1v) is 4.62. The summed E-state index contributed by atoms with van der Waals surface area (Å²) in [6.07, 6.45) is 3.70. The van der Waals surface area contributed by atoms with Gasteiger partial charge in [-0.15, -0.1) is 24.8 Å². The Labute approximate surface area is 101 Å². The molecule has 0 aliphatic carbocycles. The summed E-state index contributed by atoms with van der Waals surface area (Å²) >= 11 is 0. The molecule has 0 bridgehead atoms. The minimum Gasteiger partial charge on any atom is -0.317 e. The second-order valence-electron chi connectivity index (χ2n) is 3.34. The summed E-state index contributed by atoms with van der Waals surface area (Å²) in [4.78, 5) is 18.0. The summed E-state index contributed by atoms with van der Waals surface area (Å²) < 4.78 is 0. The van der Waals surface area contributed by atoms with Crippen LogP contribution in [0.1, 0.15) is 24.6 Å². The third kappa shape index (κ3) is 3.81. The number of H-pyrrole nitrogens is 1. The van der Waals surface area contributed by atoms with E-state index in [-0.39, 0.29) is 30.4 Å². The lowest BCUT2D eigenvalue weighted by atomic mass is 9.97. The highest BCUT2D eigenvalue weighted by molar-refractivity contribution is 5.85. The molecule has 6 heteroatoms. The zero-order valence-electron chi connectivity index (χ0n) is 8.23. The smallest absolute Gasteiger partial charge is 0.250 e. The minimum atomic E-state index is -0.0523. The van der Waals surface area contributed by atoms with Gasteiger partial charge < -0.3 is 10.3 Å². The zero-order chi connectivity index (χ0) is 9.10. The fourth-order valence-corrected chi connectivity index (χ4v) is 1.69. The van der Waals surface area contributed by atoms with Crippen molar-refractivity contribution in [1.82, 2.24) is 15.3 Å². The number of hydrogen-bond acceptors (Lipinski definition) is 3. The molecule has 0 radical (unpaired) electrons. The van der Waals surface area contributed by atoms with Crippen molar-refractivity contribution >= 4 is 24.8 Å². The first-order chi connectivity index (χ1) is 6.36. The Morgan fingerprint density at radius 3 is 2.53 bits per heavy atom. The lowest BCUT2D eigenvalue weighted by molar-refractivity contribution is 0.444. The van der Waals surface area contributed by atoms with E-state index in [0.717, 1.165) is 31.8 Å². The third-order valence-electron chi connectivity index (χ3n) is 2.42. The van der Waals surface area contributed by atoms with Gasteiger partial charge in [0.2, 0.25) is 0 Å². The number of hydrogen-bond donors (Lipinski definition) is 2. The van der Waals surface area contributed by atoms with Gasteiger partial charge in [-0.2, -0.15) is 0 Å². The number of aromatic amines is 1. The first-order valence-electron chi connectivity index (χ1n) is 4.62. The predicted octanol–water partition coefficient (Wildman–Crippen LogP) is 1.08. The molecule has 1 aromatic rings. The van der Waals surface area contributed by atoms with E-state index in [1.165, 1.54) is 6.07 Å². The molecule has 1 saturated heterocycles. The molecule has 0 saturated carbocycles. The van der Waals surface area contributed by atoms with Crippen LogP contribution in [-0.2, 0) is 0 Å². The molecule has 1 aromatic heterocycles. The van der Waals surface area contributed by atoms with E-state index in [4.69, 9.17) is 0 Å². The van der Waals surface area contributed by atoms with Crippen molar-refractivity contribution < 1.29 is 0 Å². The van der Waals surface area contributed by atoms with Crippen molar-refractivity contribution in [3.8, 4) is 0 Å². The van der Waals surface area contributed by atoms with E-state index in [1.54, 1.807) is 6.20 Å². The molecule has 2 heterocycles. The van der Waals surface area contributed by atoms with E-state index < -0.39 is 0 Å². The lowest BCUT2D eigenvalue weighted by Crippen LogP contribution is -2.28. The molecule has 0 atom stereocenters. The van der Waals surface area contributed by atoms with Gasteiger partial charge in [-0.05, 0) is 25.9 Å². The Bertz CT molecular complexity index is 336. The summed E-state index contributed by atoms with van der Waals surface area (Å²) in [5.74, 6) is 1.27. The molecular formula is C9H15Cl2N3O. The molecule has 0 spiro atoms. The fraction of sp³-hybridized carbons (Fsp3) is 0.556. The number of aromatic nitrogens is 2. The first kappa shape index (κ1) is 14.4. The van der Waals surface area contributed by atoms with E-state index in [1.807, 2.05) is 0 Å². The highest BCUT2D eigenvalue weighted by Gasteiger charge is 2.16. The average Bonchev–Trinajstić information content (AvgIpc) is 2.19. The third-order valence-corrected chi connectivity index (χ3v) is 2.42. The molecule has 4 nitrogen and oxygen atoms in total. The van der Waals surface area contributed by atoms with Gasteiger partial charge in [0.15, 0.2) is 0 Å². The normalized spacial score (nSPS) is 16.3. The molecule has 1 aliphatic heterocycles. The largest absolute Gasteiger partial charge is 0.317 e. The number of piperidine rings is 1. The highest BCUT2D eigenvalue weighted by atomic mass is 35.5. The van der Waals surface area contributed by atoms with Crippen LogP contribution in [0.5, 0.6) is 0 Å². The Kier molecular flexibility index (Phi) is 6.56. The van der Waals surface area contributed by atoms with Crippen LogP contribution in [0.15, 0.2) is 17.1 Å². The van der Waals surface area contributed by atoms with Crippen LogP contribution < -0.4 is 10.9 Å². The van der Waals surface area contributed by atoms with Gasteiger partial charge >= 0.3 is 0 Å². The van der Waals surface area contributed by atoms with Crippen molar-refractivity contribution in [3.63, 3.8) is 0 Å². The molecular weight excluding hydrogens is 237 g/mol. The maximum Gasteiger partial charge on any atom is 0.250 e. The maximum absolute atomic E-state index is 11.0. The van der Waals surface area contributed by atoms with Crippen LogP contribution in [0.4, 0.5) is 0 Å². The summed E-state index contributed by atoms with van der Waals surface area (Å²) in [5, 5.41) is 3.28. The van der Waals surface area contributed by atoms with Crippen LogP contribution >= 0.6 is 24.8 Å². The van der Waals surface area contributed by atoms with Crippen LogP contribution in [0.25, 0.3) is 0 Å². The Hall–Kier alpha value is -0.580. The Balaban J connectivity index is 0.000000980. The topological polar surface area (TPSA) is 57.8 Å². The summed E-state index contributed by atoms with van der Waals surface area (Å²) in [7, 11) is 0. The van der Waals surface area contributed by atoms with Gasteiger partial charge in [0.05, 0.1) is 0 Å². The van der Waals surface area contributed by atoms with Crippen molar-refractivity contribution in [3.05, 3.63) is 28.4 Å². The fourth-order valence-electron chi connectivity index (χ4n) is 1.69. The molecule has 2 N–H and O–H groups in total. The number of halogens is 2. The van der Waals surface area contributed by atoms with E-state index >= 15 is 0 Å². The van der Waals surface area contributed by atoms with Crippen molar-refractivity contribution in [2.24, 2.45) is 0 Å². The number of nitrogens with zero attached hydrogens (tertiary/aromatic N) is 1. The molecule has 2 rings (SSSR count). The standard InChI is InChI=1S/C9H13N3O.2ClH/c13-8-3-6-11-9(12-8)7-1-4-10-5-2-7;;/h3,6-7,10H,1-2,4-5H2,(H,11,12,13);2*1H. The van der Waals surface area contributed by atoms with Gasteiger partial charge in [0.25, 0.3) is 5.56 Å². The predicted molar refractivity (Wildman–Crippen MR) is 64.2 cm³/mol. The molecule has 0 amide bonds. The molecule has 0 aromatic carbocycles. The zero-order valence-corrected chi connectivity index (χ0v) is 9.87. The maximum atomic E-state index is 11.0. The monoisotopic (exact) mass is 251 g/mol. The Morgan fingerprint density at radius 1 is 1.27 bits per heavy atom. The van der Waals surface area contributed by atoms with Gasteiger partial charge in [-0.1, -0.05) is 0 Å². The lowest BCUT2D eigenvalue weighted by Gasteiger charge is -2.21. The minimum absolute atomic E-state index is 0. The van der Waals surface area contributed by atoms with Gasteiger partial charge in [-0.3, -0.25) is 4.79 Å². The number of nitrogens with one attached hydrogen (secondary N) is 2. The van der Waals surface area contributed by atoms with Gasteiger partial charge in [0, 0.05) is 18.2 Å². The summed E-state index contributed by atoms with van der Waals surface area (Å²) in [6.45, 7) is 2.03. The van der Waals surface area contributed by atoms with Crippen LogP contribution in [0.2, 0.25) is 0 Å². The second kappa shape index (κ2) is 6.82. The van der Waals surface area contributed by atoms with Crippen LogP contribution in [0.3, 0.4) is 0 Å². The number of rotatable bonds is 1.